The molecular formula is C36H23NO2. The van der Waals surface area contributed by atoms with Gasteiger partial charge in [-0.25, -0.2) is 0 Å². The number of hydrogen-bond acceptors (Lipinski definition) is 2. The summed E-state index contributed by atoms with van der Waals surface area (Å²) < 4.78 is 15.7. The first kappa shape index (κ1) is 21.0. The van der Waals surface area contributed by atoms with Gasteiger partial charge in [0.2, 0.25) is 0 Å². The third-order valence-corrected chi connectivity index (χ3v) is 8.34. The van der Waals surface area contributed by atoms with Crippen molar-refractivity contribution in [3.05, 3.63) is 131 Å². The quantitative estimate of drug-likeness (QED) is 0.248. The van der Waals surface area contributed by atoms with E-state index in [4.69, 9.17) is 9.15 Å². The number of hydrogen-bond donors (Lipinski definition) is 0. The fraction of sp³-hybridized carbons (Fsp3) is 0.0556. The summed E-state index contributed by atoms with van der Waals surface area (Å²) in [6.45, 7) is 0. The maximum atomic E-state index is 6.80. The van der Waals surface area contributed by atoms with E-state index >= 15 is 0 Å². The minimum Gasteiger partial charge on any atom is -0.483 e. The lowest BCUT2D eigenvalue weighted by Crippen LogP contribution is -2.32. The van der Waals surface area contributed by atoms with Crippen molar-refractivity contribution in [2.75, 3.05) is 0 Å². The van der Waals surface area contributed by atoms with Crippen LogP contribution in [0.2, 0.25) is 0 Å². The summed E-state index contributed by atoms with van der Waals surface area (Å²) in [5, 5.41) is 4.75. The van der Waals surface area contributed by atoms with Crippen LogP contribution in [0.5, 0.6) is 5.75 Å². The summed E-state index contributed by atoms with van der Waals surface area (Å²) in [6.07, 6.45) is 4.44. The van der Waals surface area contributed by atoms with E-state index in [0.717, 1.165) is 44.2 Å². The van der Waals surface area contributed by atoms with Crippen molar-refractivity contribution in [2.45, 2.75) is 12.0 Å². The molecule has 5 aromatic carbocycles. The van der Waals surface area contributed by atoms with Gasteiger partial charge in [0, 0.05) is 32.5 Å². The molecule has 0 saturated heterocycles. The highest BCUT2D eigenvalue weighted by molar-refractivity contribution is 6.09. The Kier molecular flexibility index (Phi) is 4.17. The van der Waals surface area contributed by atoms with Crippen molar-refractivity contribution >= 4 is 44.9 Å². The zero-order chi connectivity index (χ0) is 25.5. The van der Waals surface area contributed by atoms with E-state index in [1.54, 1.807) is 0 Å². The first-order valence-corrected chi connectivity index (χ1v) is 13.4. The molecule has 184 valence electrons. The van der Waals surface area contributed by atoms with Gasteiger partial charge in [0.05, 0.1) is 22.6 Å². The second-order valence-corrected chi connectivity index (χ2v) is 10.4. The average Bonchev–Trinajstić information content (AvgIpc) is 3.65. The van der Waals surface area contributed by atoms with Crippen molar-refractivity contribution in [1.82, 2.24) is 4.57 Å². The topological polar surface area (TPSA) is 27.3 Å². The minimum atomic E-state index is -0.0806. The predicted molar refractivity (Wildman–Crippen MR) is 158 cm³/mol. The van der Waals surface area contributed by atoms with Gasteiger partial charge in [-0.1, -0.05) is 97.1 Å². The summed E-state index contributed by atoms with van der Waals surface area (Å²) in [6, 6.07) is 40.6. The molecule has 3 heterocycles. The number of furan rings is 1. The van der Waals surface area contributed by atoms with Crippen molar-refractivity contribution in [1.29, 1.82) is 0 Å². The second kappa shape index (κ2) is 7.75. The molecule has 39 heavy (non-hydrogen) atoms. The number of aromatic nitrogens is 1. The van der Waals surface area contributed by atoms with Crippen LogP contribution in [0.15, 0.2) is 120 Å². The third-order valence-electron chi connectivity index (χ3n) is 8.34. The monoisotopic (exact) mass is 501 g/mol. The highest BCUT2D eigenvalue weighted by Crippen LogP contribution is 2.46. The molecule has 2 aromatic heterocycles. The van der Waals surface area contributed by atoms with Gasteiger partial charge in [-0.2, -0.15) is 0 Å². The van der Waals surface area contributed by atoms with Crippen LogP contribution in [0, 0.1) is 0 Å². The van der Waals surface area contributed by atoms with E-state index in [1.165, 1.54) is 27.4 Å². The first-order valence-electron chi connectivity index (χ1n) is 13.4. The normalized spacial score (nSPS) is 17.3. The van der Waals surface area contributed by atoms with Crippen LogP contribution in [0.4, 0.5) is 0 Å². The van der Waals surface area contributed by atoms with Crippen LogP contribution in [0.25, 0.3) is 61.7 Å². The van der Waals surface area contributed by atoms with Crippen LogP contribution in [0.3, 0.4) is 0 Å². The lowest BCUT2D eigenvalue weighted by molar-refractivity contribution is 0.286. The maximum absolute atomic E-state index is 6.80. The smallest absolute Gasteiger partial charge is 0.148 e. The Morgan fingerprint density at radius 1 is 0.590 bits per heavy atom. The molecule has 1 aliphatic carbocycles. The summed E-state index contributed by atoms with van der Waals surface area (Å²) >= 11 is 0. The average molecular weight is 502 g/mol. The van der Waals surface area contributed by atoms with Crippen LogP contribution in [-0.2, 0) is 0 Å². The Labute approximate surface area is 224 Å². The van der Waals surface area contributed by atoms with E-state index in [2.05, 4.69) is 126 Å². The largest absolute Gasteiger partial charge is 0.483 e. The maximum Gasteiger partial charge on any atom is 0.148 e. The molecule has 2 aliphatic rings. The Hall–Kier alpha value is -5.02. The summed E-state index contributed by atoms with van der Waals surface area (Å²) in [4.78, 5) is 0. The summed E-state index contributed by atoms with van der Waals surface area (Å²) in [7, 11) is 0. The van der Waals surface area contributed by atoms with E-state index in [1.807, 2.05) is 6.07 Å². The van der Waals surface area contributed by atoms with Gasteiger partial charge in [0.25, 0.3) is 0 Å². The Bertz CT molecular complexity index is 2170. The molecule has 0 amide bonds. The zero-order valence-corrected chi connectivity index (χ0v) is 21.0. The van der Waals surface area contributed by atoms with E-state index in [-0.39, 0.29) is 12.0 Å². The predicted octanol–water partition coefficient (Wildman–Crippen LogP) is 7.32. The highest BCUT2D eigenvalue weighted by atomic mass is 16.5. The highest BCUT2D eigenvalue weighted by Gasteiger charge is 2.36. The molecule has 3 nitrogen and oxygen atoms in total. The molecule has 2 atom stereocenters. The van der Waals surface area contributed by atoms with Crippen molar-refractivity contribution in [2.24, 2.45) is 0 Å². The van der Waals surface area contributed by atoms with Gasteiger partial charge in [-0.15, -0.1) is 0 Å². The van der Waals surface area contributed by atoms with Crippen molar-refractivity contribution in [3.8, 4) is 22.6 Å². The molecular weight excluding hydrogens is 478 g/mol. The molecule has 2 unspecified atom stereocenters. The summed E-state index contributed by atoms with van der Waals surface area (Å²) in [5.74, 6) is 1.05. The zero-order valence-electron chi connectivity index (χ0n) is 21.0. The minimum absolute atomic E-state index is 0.0806. The van der Waals surface area contributed by atoms with Crippen LogP contribution >= 0.6 is 0 Å². The third kappa shape index (κ3) is 2.87. The van der Waals surface area contributed by atoms with Crippen LogP contribution in [0.1, 0.15) is 11.5 Å². The molecule has 0 spiro atoms. The second-order valence-electron chi connectivity index (χ2n) is 10.4. The SMILES string of the molecule is C1=c2oc3c(-c4ccccc4)cccc3c2=CC2Oc3c(cccc3-n3c4ccccc4c4ccccc43)C12. The van der Waals surface area contributed by atoms with Crippen molar-refractivity contribution < 1.29 is 9.15 Å². The molecule has 0 N–H and O–H groups in total. The molecule has 7 aromatic rings. The van der Waals surface area contributed by atoms with Gasteiger partial charge in [-0.05, 0) is 35.9 Å². The fourth-order valence-corrected chi connectivity index (χ4v) is 6.62. The number of fused-ring (bicyclic) bond motifs is 9. The number of rotatable bonds is 2. The molecule has 3 heteroatoms. The van der Waals surface area contributed by atoms with Crippen LogP contribution < -0.4 is 15.4 Å². The van der Waals surface area contributed by atoms with E-state index in [9.17, 15) is 0 Å². The van der Waals surface area contributed by atoms with Gasteiger partial charge in [-0.3, -0.25) is 0 Å². The van der Waals surface area contributed by atoms with Gasteiger partial charge < -0.3 is 13.7 Å². The Balaban J connectivity index is 1.24. The first-order chi connectivity index (χ1) is 19.3. The lowest BCUT2D eigenvalue weighted by Gasteiger charge is -2.14. The van der Waals surface area contributed by atoms with Gasteiger partial charge in [0.15, 0.2) is 0 Å². The fourth-order valence-electron chi connectivity index (χ4n) is 6.62. The standard InChI is InChI=1S/C36H23NO2/c1-2-10-22(11-3-1)23-14-8-15-26-28-20-34-29(21-33(28)38-35(23)26)27-16-9-19-32(36(27)39-34)37-30-17-6-4-12-24(30)25-13-5-7-18-31(25)37/h1-21,29,34H. The van der Waals surface area contributed by atoms with Gasteiger partial charge >= 0.3 is 0 Å². The molecule has 0 radical (unpaired) electrons. The molecule has 0 saturated carbocycles. The Morgan fingerprint density at radius 2 is 1.28 bits per heavy atom. The number of benzene rings is 5. The molecule has 0 fully saturated rings. The molecule has 1 aliphatic heterocycles. The lowest BCUT2D eigenvalue weighted by atomic mass is 9.91. The molecule has 0 bridgehead atoms. The van der Waals surface area contributed by atoms with Crippen LogP contribution in [-0.4, -0.2) is 10.7 Å². The summed E-state index contributed by atoms with van der Waals surface area (Å²) in [5.41, 5.74) is 8.78. The number of para-hydroxylation sites is 4. The number of nitrogens with zero attached hydrogens (tertiary/aromatic N) is 1. The van der Waals surface area contributed by atoms with E-state index < -0.39 is 0 Å². The van der Waals surface area contributed by atoms with Crippen molar-refractivity contribution in [3.63, 3.8) is 0 Å². The van der Waals surface area contributed by atoms with E-state index in [0.29, 0.717) is 0 Å². The van der Waals surface area contributed by atoms with Gasteiger partial charge in [0.1, 0.15) is 22.9 Å². The molecule has 9 rings (SSSR count). The Morgan fingerprint density at radius 3 is 2.08 bits per heavy atom. The number of ether oxygens (including phenoxy) is 1.